The average Bonchev–Trinajstić information content (AvgIpc) is 2.47. The van der Waals surface area contributed by atoms with Crippen LogP contribution in [0.4, 0.5) is 0 Å². The quantitative estimate of drug-likeness (QED) is 0.623. The second-order valence-electron chi connectivity index (χ2n) is 5.78. The van der Waals surface area contributed by atoms with Crippen LogP contribution in [0.25, 0.3) is 0 Å². The van der Waals surface area contributed by atoms with Gasteiger partial charge in [-0.2, -0.15) is 0 Å². The molecule has 1 aromatic rings. The summed E-state index contributed by atoms with van der Waals surface area (Å²) >= 11 is 0. The lowest BCUT2D eigenvalue weighted by Crippen LogP contribution is -2.13. The van der Waals surface area contributed by atoms with Crippen LogP contribution < -0.4 is 0 Å². The lowest BCUT2D eigenvalue weighted by atomic mass is 9.77. The summed E-state index contributed by atoms with van der Waals surface area (Å²) in [5.74, 6) is 8.12. The first kappa shape index (κ1) is 14.2. The highest BCUT2D eigenvalue weighted by molar-refractivity contribution is 5.37. The third-order valence-corrected chi connectivity index (χ3v) is 4.34. The minimum atomic E-state index is 0.793. The van der Waals surface area contributed by atoms with Gasteiger partial charge < -0.3 is 0 Å². The highest BCUT2D eigenvalue weighted by Crippen LogP contribution is 2.37. The predicted molar refractivity (Wildman–Crippen MR) is 83.2 cm³/mol. The highest BCUT2D eigenvalue weighted by atomic mass is 14.3. The van der Waals surface area contributed by atoms with Crippen LogP contribution in [0.5, 0.6) is 0 Å². The summed E-state index contributed by atoms with van der Waals surface area (Å²) in [7, 11) is 0. The summed E-state index contributed by atoms with van der Waals surface area (Å²) in [6, 6.07) is 8.97. The van der Waals surface area contributed by atoms with Gasteiger partial charge in [-0.1, -0.05) is 50.7 Å². The molecule has 1 aliphatic carbocycles. The molecule has 1 aromatic carbocycles. The van der Waals surface area contributed by atoms with Crippen molar-refractivity contribution in [1.29, 1.82) is 0 Å². The van der Waals surface area contributed by atoms with E-state index in [-0.39, 0.29) is 0 Å². The summed E-state index contributed by atoms with van der Waals surface area (Å²) in [6.07, 6.45) is 9.32. The van der Waals surface area contributed by atoms with Gasteiger partial charge in [0.05, 0.1) is 0 Å². The van der Waals surface area contributed by atoms with Crippen molar-refractivity contribution in [2.45, 2.75) is 64.7 Å². The number of hydrogen-bond donors (Lipinski definition) is 0. The zero-order valence-electron chi connectivity index (χ0n) is 12.4. The van der Waals surface area contributed by atoms with Crippen LogP contribution in [0.1, 0.15) is 75.8 Å². The molecule has 0 N–H and O–H groups in total. The predicted octanol–water partition coefficient (Wildman–Crippen LogP) is 5.52. The fraction of sp³-hybridized carbons (Fsp3) is 0.579. The summed E-state index contributed by atoms with van der Waals surface area (Å²) in [5, 5.41) is 0. The van der Waals surface area contributed by atoms with Crippen molar-refractivity contribution in [3.63, 3.8) is 0 Å². The van der Waals surface area contributed by atoms with Crippen molar-refractivity contribution in [1.82, 2.24) is 0 Å². The number of rotatable bonds is 3. The molecular formula is C19H26. The summed E-state index contributed by atoms with van der Waals surface area (Å²) in [4.78, 5) is 0. The molecule has 1 saturated carbocycles. The van der Waals surface area contributed by atoms with Crippen molar-refractivity contribution >= 4 is 0 Å². The molecule has 19 heavy (non-hydrogen) atoms. The minimum Gasteiger partial charge on any atom is -0.0982 e. The van der Waals surface area contributed by atoms with Crippen LogP contribution in [0.15, 0.2) is 24.3 Å². The van der Waals surface area contributed by atoms with E-state index in [1.807, 2.05) is 0 Å². The largest absolute Gasteiger partial charge is 0.0982 e. The Kier molecular flexibility index (Phi) is 5.52. The number of benzene rings is 1. The van der Waals surface area contributed by atoms with Gasteiger partial charge in [-0.25, -0.2) is 0 Å². The van der Waals surface area contributed by atoms with E-state index in [1.54, 1.807) is 0 Å². The second-order valence-corrected chi connectivity index (χ2v) is 5.78. The Labute approximate surface area is 118 Å². The maximum atomic E-state index is 3.20. The molecule has 0 spiro atoms. The first-order valence-electron chi connectivity index (χ1n) is 7.92. The molecule has 0 heterocycles. The molecule has 0 bridgehead atoms. The van der Waals surface area contributed by atoms with E-state index in [4.69, 9.17) is 0 Å². The van der Waals surface area contributed by atoms with Gasteiger partial charge in [-0.05, 0) is 55.2 Å². The van der Waals surface area contributed by atoms with Gasteiger partial charge in [-0.3, -0.25) is 0 Å². The zero-order chi connectivity index (χ0) is 13.5. The molecule has 102 valence electrons. The van der Waals surface area contributed by atoms with Gasteiger partial charge in [0.1, 0.15) is 0 Å². The van der Waals surface area contributed by atoms with E-state index < -0.39 is 0 Å². The molecule has 0 heteroatoms. The Balaban J connectivity index is 1.92. The third kappa shape index (κ3) is 4.13. The van der Waals surface area contributed by atoms with Crippen LogP contribution in [-0.4, -0.2) is 0 Å². The van der Waals surface area contributed by atoms with Crippen molar-refractivity contribution < 1.29 is 0 Å². The minimum absolute atomic E-state index is 0.793. The van der Waals surface area contributed by atoms with Gasteiger partial charge in [0.25, 0.3) is 0 Å². The topological polar surface area (TPSA) is 0 Å². The smallest absolute Gasteiger partial charge is 0.0245 e. The van der Waals surface area contributed by atoms with E-state index in [0.717, 1.165) is 23.8 Å². The molecule has 0 atom stereocenters. The Morgan fingerprint density at radius 2 is 1.68 bits per heavy atom. The molecule has 2 rings (SSSR count). The molecule has 0 amide bonds. The first-order valence-corrected chi connectivity index (χ1v) is 7.92. The highest BCUT2D eigenvalue weighted by Gasteiger charge is 2.21. The van der Waals surface area contributed by atoms with Crippen LogP contribution in [0.3, 0.4) is 0 Å². The first-order chi connectivity index (χ1) is 9.33. The Bertz CT molecular complexity index is 421. The van der Waals surface area contributed by atoms with Crippen molar-refractivity contribution in [2.24, 2.45) is 5.92 Å². The van der Waals surface area contributed by atoms with Crippen LogP contribution in [0, 0.1) is 17.8 Å². The van der Waals surface area contributed by atoms with E-state index in [2.05, 4.69) is 50.0 Å². The maximum absolute atomic E-state index is 3.20. The molecule has 0 saturated heterocycles. The lowest BCUT2D eigenvalue weighted by Gasteiger charge is -2.28. The van der Waals surface area contributed by atoms with Gasteiger partial charge in [0, 0.05) is 12.0 Å². The molecular weight excluding hydrogens is 228 g/mol. The fourth-order valence-corrected chi connectivity index (χ4v) is 3.22. The van der Waals surface area contributed by atoms with Gasteiger partial charge in [0.15, 0.2) is 0 Å². The number of hydrogen-bond acceptors (Lipinski definition) is 0. The SMILES string of the molecule is CCC#Cc1ccc(C2CCC(CCC)CC2)cc1. The zero-order valence-corrected chi connectivity index (χ0v) is 12.4. The van der Waals surface area contributed by atoms with Crippen molar-refractivity contribution in [3.8, 4) is 11.8 Å². The maximum Gasteiger partial charge on any atom is 0.0245 e. The average molecular weight is 254 g/mol. The summed E-state index contributed by atoms with van der Waals surface area (Å²) in [5.41, 5.74) is 2.68. The molecule has 1 fully saturated rings. The fourth-order valence-electron chi connectivity index (χ4n) is 3.22. The van der Waals surface area contributed by atoms with Gasteiger partial charge in [-0.15, -0.1) is 0 Å². The molecule has 0 nitrogen and oxygen atoms in total. The second kappa shape index (κ2) is 7.39. The molecule has 0 unspecified atom stereocenters. The van der Waals surface area contributed by atoms with Crippen LogP contribution in [-0.2, 0) is 0 Å². The summed E-state index contributed by atoms with van der Waals surface area (Å²) < 4.78 is 0. The van der Waals surface area contributed by atoms with E-state index >= 15 is 0 Å². The normalized spacial score (nSPS) is 22.6. The Hall–Kier alpha value is -1.22. The molecule has 0 radical (unpaired) electrons. The summed E-state index contributed by atoms with van der Waals surface area (Å²) in [6.45, 7) is 4.40. The van der Waals surface area contributed by atoms with E-state index in [9.17, 15) is 0 Å². The molecule has 0 aliphatic heterocycles. The standard InChI is InChI=1S/C19H26/c1-3-5-7-17-10-14-19(15-11-17)18-12-8-16(6-4-2)9-13-18/h10-11,14-16,18H,3-4,6,8-9,12-13H2,1-2H3. The van der Waals surface area contributed by atoms with Crippen molar-refractivity contribution in [3.05, 3.63) is 35.4 Å². The van der Waals surface area contributed by atoms with E-state index in [1.165, 1.54) is 44.1 Å². The van der Waals surface area contributed by atoms with Crippen molar-refractivity contribution in [2.75, 3.05) is 0 Å². The van der Waals surface area contributed by atoms with Crippen LogP contribution >= 0.6 is 0 Å². The van der Waals surface area contributed by atoms with Gasteiger partial charge in [0.2, 0.25) is 0 Å². The monoisotopic (exact) mass is 254 g/mol. The molecule has 0 aromatic heterocycles. The van der Waals surface area contributed by atoms with Crippen LogP contribution in [0.2, 0.25) is 0 Å². The Morgan fingerprint density at radius 1 is 1.00 bits per heavy atom. The van der Waals surface area contributed by atoms with E-state index in [0.29, 0.717) is 0 Å². The third-order valence-electron chi connectivity index (χ3n) is 4.34. The lowest BCUT2D eigenvalue weighted by molar-refractivity contribution is 0.308. The molecule has 1 aliphatic rings. The Morgan fingerprint density at radius 3 is 2.26 bits per heavy atom. The van der Waals surface area contributed by atoms with Gasteiger partial charge >= 0.3 is 0 Å².